The number of hydrazine groups is 2. The van der Waals surface area contributed by atoms with Crippen molar-refractivity contribution in [3.8, 4) is 0 Å². The molecule has 0 aromatic carbocycles. The number of rotatable bonds is 9. The lowest BCUT2D eigenvalue weighted by Crippen LogP contribution is -2.65. The van der Waals surface area contributed by atoms with Crippen LogP contribution in [0.2, 0.25) is 0 Å². The summed E-state index contributed by atoms with van der Waals surface area (Å²) in [6.45, 7) is 4.00. The van der Waals surface area contributed by atoms with E-state index in [4.69, 9.17) is 0 Å². The SMILES string of the molecule is CN1CC(CN2C(=O)C3CC(S(=O)(=O)NC4(CF)CC4)CCC3N(CCN3CCCN3)C2=O)CN1. The van der Waals surface area contributed by atoms with Gasteiger partial charge in [0, 0.05) is 64.8 Å². The maximum absolute atomic E-state index is 13.6. The van der Waals surface area contributed by atoms with Crippen molar-refractivity contribution in [3.63, 3.8) is 0 Å². The number of amides is 3. The van der Waals surface area contributed by atoms with Crippen LogP contribution in [-0.4, -0.2) is 117 Å². The minimum absolute atomic E-state index is 0.121. The van der Waals surface area contributed by atoms with Crippen LogP contribution in [0.25, 0.3) is 0 Å². The molecule has 13 heteroatoms. The zero-order valence-corrected chi connectivity index (χ0v) is 21.2. The average molecular weight is 516 g/mol. The highest BCUT2D eigenvalue weighted by molar-refractivity contribution is 7.90. The lowest BCUT2D eigenvalue weighted by Gasteiger charge is -2.48. The number of halogens is 1. The number of imide groups is 1. The van der Waals surface area contributed by atoms with Crippen LogP contribution in [0, 0.1) is 11.8 Å². The molecule has 3 amide bonds. The molecule has 4 atom stereocenters. The van der Waals surface area contributed by atoms with Gasteiger partial charge in [0.15, 0.2) is 0 Å². The molecule has 5 fully saturated rings. The first-order chi connectivity index (χ1) is 16.7. The zero-order valence-electron chi connectivity index (χ0n) is 20.4. The third kappa shape index (κ3) is 5.21. The average Bonchev–Trinajstić information content (AvgIpc) is 3.18. The minimum atomic E-state index is -3.77. The van der Waals surface area contributed by atoms with Crippen LogP contribution >= 0.6 is 0 Å². The standard InChI is InChI=1S/C22H38FN7O4S/c1-27-13-16(12-25-27)14-30-20(31)18-11-17(35(33,34)26-22(15-23)5-6-22)3-4-19(18)29(21(30)32)10-9-28-8-2-7-24-28/h16-19,24-26H,2-15H2,1H3. The summed E-state index contributed by atoms with van der Waals surface area (Å²) in [5, 5.41) is 3.30. The number of nitrogens with zero attached hydrogens (tertiary/aromatic N) is 4. The van der Waals surface area contributed by atoms with Gasteiger partial charge in [-0.1, -0.05) is 0 Å². The fraction of sp³-hybridized carbons (Fsp3) is 0.909. The van der Waals surface area contributed by atoms with Gasteiger partial charge in [-0.3, -0.25) is 20.5 Å². The number of sulfonamides is 1. The van der Waals surface area contributed by atoms with Crippen molar-refractivity contribution in [2.45, 2.75) is 55.4 Å². The molecule has 2 saturated carbocycles. The molecule has 11 nitrogen and oxygen atoms in total. The topological polar surface area (TPSA) is 117 Å². The van der Waals surface area contributed by atoms with E-state index in [9.17, 15) is 22.4 Å². The third-order valence-corrected chi connectivity index (χ3v) is 10.3. The number of urea groups is 1. The first-order valence-corrected chi connectivity index (χ1v) is 14.4. The molecule has 5 aliphatic rings. The van der Waals surface area contributed by atoms with Crippen molar-refractivity contribution < 1.29 is 22.4 Å². The molecular formula is C22H38FN7O4S. The van der Waals surface area contributed by atoms with Crippen LogP contribution < -0.4 is 15.6 Å². The summed E-state index contributed by atoms with van der Waals surface area (Å²) in [6, 6.07) is -0.570. The van der Waals surface area contributed by atoms with E-state index in [1.54, 1.807) is 4.90 Å². The summed E-state index contributed by atoms with van der Waals surface area (Å²) in [5.41, 5.74) is 5.57. The van der Waals surface area contributed by atoms with Crippen LogP contribution in [-0.2, 0) is 14.8 Å². The summed E-state index contributed by atoms with van der Waals surface area (Å²) in [7, 11) is -1.84. The molecule has 0 aromatic rings. The minimum Gasteiger partial charge on any atom is -0.319 e. The van der Waals surface area contributed by atoms with Gasteiger partial charge >= 0.3 is 6.03 Å². The Hall–Kier alpha value is -1.38. The van der Waals surface area contributed by atoms with Crippen LogP contribution in [0.3, 0.4) is 0 Å². The molecule has 198 valence electrons. The monoisotopic (exact) mass is 515 g/mol. The molecule has 0 aromatic heterocycles. The second-order valence-electron chi connectivity index (χ2n) is 11.0. The lowest BCUT2D eigenvalue weighted by molar-refractivity contribution is -0.141. The first kappa shape index (κ1) is 25.3. The number of fused-ring (bicyclic) bond motifs is 1. The molecule has 3 heterocycles. The predicted octanol–water partition coefficient (Wildman–Crippen LogP) is -0.514. The maximum atomic E-state index is 13.6. The maximum Gasteiger partial charge on any atom is 0.327 e. The molecule has 0 radical (unpaired) electrons. The molecule has 35 heavy (non-hydrogen) atoms. The Bertz CT molecular complexity index is 927. The van der Waals surface area contributed by atoms with Gasteiger partial charge in [0.2, 0.25) is 15.9 Å². The van der Waals surface area contributed by atoms with Crippen molar-refractivity contribution in [2.75, 3.05) is 59.5 Å². The summed E-state index contributed by atoms with van der Waals surface area (Å²) in [4.78, 5) is 30.3. The van der Waals surface area contributed by atoms with Crippen molar-refractivity contribution in [1.82, 2.24) is 35.4 Å². The van der Waals surface area contributed by atoms with Gasteiger partial charge in [-0.25, -0.2) is 32.3 Å². The largest absolute Gasteiger partial charge is 0.327 e. The number of alkyl halides is 1. The fourth-order valence-corrected chi connectivity index (χ4v) is 7.98. The smallest absolute Gasteiger partial charge is 0.319 e. The Balaban J connectivity index is 1.33. The normalized spacial score (nSPS) is 34.0. The summed E-state index contributed by atoms with van der Waals surface area (Å²) in [6.07, 6.45) is 3.03. The van der Waals surface area contributed by atoms with Crippen LogP contribution in [0.4, 0.5) is 9.18 Å². The van der Waals surface area contributed by atoms with Crippen molar-refractivity contribution >= 4 is 22.0 Å². The van der Waals surface area contributed by atoms with Gasteiger partial charge in [-0.15, -0.1) is 0 Å². The van der Waals surface area contributed by atoms with Crippen LogP contribution in [0.5, 0.6) is 0 Å². The molecule has 0 spiro atoms. The Morgan fingerprint density at radius 1 is 1.17 bits per heavy atom. The highest BCUT2D eigenvalue weighted by Crippen LogP contribution is 2.40. The van der Waals surface area contributed by atoms with E-state index in [0.29, 0.717) is 51.9 Å². The number of nitrogens with one attached hydrogen (secondary N) is 3. The number of carbonyl (C=O) groups is 2. The van der Waals surface area contributed by atoms with E-state index in [-0.39, 0.29) is 30.3 Å². The highest BCUT2D eigenvalue weighted by Gasteiger charge is 2.53. The van der Waals surface area contributed by atoms with Crippen molar-refractivity contribution in [2.24, 2.45) is 11.8 Å². The van der Waals surface area contributed by atoms with E-state index in [1.165, 1.54) is 4.90 Å². The third-order valence-electron chi connectivity index (χ3n) is 8.31. The van der Waals surface area contributed by atoms with E-state index in [0.717, 1.165) is 26.1 Å². The molecule has 2 aliphatic carbocycles. The molecule has 4 unspecified atom stereocenters. The van der Waals surface area contributed by atoms with Crippen LogP contribution in [0.1, 0.15) is 38.5 Å². The molecule has 3 aliphatic heterocycles. The summed E-state index contributed by atoms with van der Waals surface area (Å²) >= 11 is 0. The van der Waals surface area contributed by atoms with E-state index >= 15 is 0 Å². The molecule has 3 saturated heterocycles. The Morgan fingerprint density at radius 2 is 1.97 bits per heavy atom. The Morgan fingerprint density at radius 3 is 2.60 bits per heavy atom. The molecule has 3 N–H and O–H groups in total. The summed E-state index contributed by atoms with van der Waals surface area (Å²) < 4.78 is 42.2. The van der Waals surface area contributed by atoms with E-state index in [2.05, 4.69) is 20.6 Å². The quantitative estimate of drug-likeness (QED) is 0.376. The van der Waals surface area contributed by atoms with E-state index < -0.39 is 33.4 Å². The van der Waals surface area contributed by atoms with Crippen LogP contribution in [0.15, 0.2) is 0 Å². The van der Waals surface area contributed by atoms with Gasteiger partial charge in [0.05, 0.1) is 16.7 Å². The van der Waals surface area contributed by atoms with Gasteiger partial charge in [0.25, 0.3) is 0 Å². The second kappa shape index (κ2) is 9.82. The van der Waals surface area contributed by atoms with Gasteiger partial charge in [-0.2, -0.15) is 0 Å². The van der Waals surface area contributed by atoms with Crippen molar-refractivity contribution in [1.29, 1.82) is 0 Å². The second-order valence-corrected chi connectivity index (χ2v) is 12.9. The lowest BCUT2D eigenvalue weighted by atomic mass is 9.80. The van der Waals surface area contributed by atoms with Gasteiger partial charge in [-0.05, 0) is 38.5 Å². The molecule has 5 rings (SSSR count). The first-order valence-electron chi connectivity index (χ1n) is 12.9. The highest BCUT2D eigenvalue weighted by atomic mass is 32.2. The Kier molecular flexibility index (Phi) is 7.09. The Labute approximate surface area is 206 Å². The zero-order chi connectivity index (χ0) is 24.8. The summed E-state index contributed by atoms with van der Waals surface area (Å²) in [5.74, 6) is -0.713. The van der Waals surface area contributed by atoms with Crippen molar-refractivity contribution in [3.05, 3.63) is 0 Å². The van der Waals surface area contributed by atoms with Gasteiger partial charge in [0.1, 0.15) is 6.67 Å². The number of hydrogen-bond acceptors (Lipinski definition) is 8. The number of carbonyl (C=O) groups excluding carboxylic acids is 2. The number of hydrogen-bond donors (Lipinski definition) is 3. The predicted molar refractivity (Wildman–Crippen MR) is 127 cm³/mol. The van der Waals surface area contributed by atoms with E-state index in [1.807, 2.05) is 12.1 Å². The molecule has 0 bridgehead atoms. The van der Waals surface area contributed by atoms with Gasteiger partial charge < -0.3 is 4.90 Å². The molecular weight excluding hydrogens is 477 g/mol. The fourth-order valence-electron chi connectivity index (χ4n) is 6.04.